The Morgan fingerprint density at radius 3 is 1.57 bits per heavy atom. The first-order chi connectivity index (χ1) is 10.2. The number of hydrogen-bond donors (Lipinski definition) is 0. The van der Waals surface area contributed by atoms with Crippen molar-refractivity contribution >= 4 is 25.0 Å². The van der Waals surface area contributed by atoms with E-state index in [4.69, 9.17) is 22.8 Å². The Morgan fingerprint density at radius 2 is 1.17 bits per heavy atom. The molecule has 8 heteroatoms. The van der Waals surface area contributed by atoms with Gasteiger partial charge in [0.05, 0.1) is 12.7 Å². The number of rotatable bonds is 7. The molecule has 5 nitrogen and oxygen atoms in total. The number of ether oxygens (including phenoxy) is 2. The lowest BCUT2D eigenvalue weighted by Gasteiger charge is -2.46. The summed E-state index contributed by atoms with van der Waals surface area (Å²) in [4.78, 5) is 0. The van der Waals surface area contributed by atoms with Gasteiger partial charge in [-0.15, -0.1) is 0 Å². The summed E-state index contributed by atoms with van der Waals surface area (Å²) in [6.45, 7) is 20.0. The van der Waals surface area contributed by atoms with Crippen molar-refractivity contribution in [2.75, 3.05) is 13.7 Å². The summed E-state index contributed by atoms with van der Waals surface area (Å²) in [6.07, 6.45) is -0.883. The fourth-order valence-corrected chi connectivity index (χ4v) is 5.64. The monoisotopic (exact) mass is 380 g/mol. The molecule has 1 aliphatic rings. The van der Waals surface area contributed by atoms with Crippen molar-refractivity contribution in [3.8, 4) is 0 Å². The van der Waals surface area contributed by atoms with E-state index in [2.05, 4.69) is 58.9 Å². The second-order valence-corrected chi connectivity index (χ2v) is 22.5. The molecular weight excluding hydrogens is 344 g/mol. The van der Waals surface area contributed by atoms with E-state index in [1.165, 1.54) is 0 Å². The van der Waals surface area contributed by atoms with Gasteiger partial charge in [-0.05, 0) is 58.9 Å². The molecule has 0 spiro atoms. The lowest BCUT2D eigenvalue weighted by molar-refractivity contribution is -0.242. The van der Waals surface area contributed by atoms with Crippen molar-refractivity contribution < 1.29 is 22.8 Å². The molecule has 4 atom stereocenters. The first kappa shape index (κ1) is 21.5. The topological polar surface area (TPSA) is 46.2 Å². The van der Waals surface area contributed by atoms with Crippen LogP contribution in [0.25, 0.3) is 0 Å². The summed E-state index contributed by atoms with van der Waals surface area (Å²) in [5, 5.41) is 0. The maximum absolute atomic E-state index is 6.41. The van der Waals surface area contributed by atoms with Crippen LogP contribution in [0.1, 0.15) is 0 Å². The van der Waals surface area contributed by atoms with Crippen molar-refractivity contribution in [2.45, 2.75) is 83.5 Å². The Kier molecular flexibility index (Phi) is 7.27. The smallest absolute Gasteiger partial charge is 0.187 e. The van der Waals surface area contributed by atoms with Crippen LogP contribution in [0, 0.1) is 0 Å². The van der Waals surface area contributed by atoms with Crippen molar-refractivity contribution in [3.63, 3.8) is 0 Å². The van der Waals surface area contributed by atoms with Gasteiger partial charge in [0.25, 0.3) is 0 Å². The standard InChI is InChI=1S/C15H36O5Si3/c1-16-13-12(18-21(2,3)4)11-17-15(20-23(8,9)10)14(13)19-22(5,6)7/h12-15H,11H2,1-10H3. The van der Waals surface area contributed by atoms with Gasteiger partial charge in [-0.1, -0.05) is 0 Å². The van der Waals surface area contributed by atoms with Crippen LogP contribution in [0.5, 0.6) is 0 Å². The van der Waals surface area contributed by atoms with Crippen molar-refractivity contribution in [3.05, 3.63) is 0 Å². The average Bonchev–Trinajstić information content (AvgIpc) is 2.27. The Labute approximate surface area is 145 Å². The van der Waals surface area contributed by atoms with E-state index in [-0.39, 0.29) is 24.6 Å². The summed E-state index contributed by atoms with van der Waals surface area (Å²) < 4.78 is 30.8. The van der Waals surface area contributed by atoms with Crippen molar-refractivity contribution in [2.24, 2.45) is 0 Å². The van der Waals surface area contributed by atoms with E-state index in [1.54, 1.807) is 7.11 Å². The summed E-state index contributed by atoms with van der Waals surface area (Å²) in [5.41, 5.74) is 0. The van der Waals surface area contributed by atoms with Crippen molar-refractivity contribution in [1.29, 1.82) is 0 Å². The molecule has 0 amide bonds. The van der Waals surface area contributed by atoms with Gasteiger partial charge in [0.15, 0.2) is 31.2 Å². The minimum atomic E-state index is -1.78. The quantitative estimate of drug-likeness (QED) is 0.631. The van der Waals surface area contributed by atoms with Gasteiger partial charge in [0.1, 0.15) is 12.2 Å². The van der Waals surface area contributed by atoms with Crippen LogP contribution in [0.15, 0.2) is 0 Å². The molecule has 1 fully saturated rings. The maximum Gasteiger partial charge on any atom is 0.187 e. The number of methoxy groups -OCH3 is 1. The summed E-state index contributed by atoms with van der Waals surface area (Å²) in [7, 11) is -3.50. The fraction of sp³-hybridized carbons (Fsp3) is 1.00. The minimum Gasteiger partial charge on any atom is -0.410 e. The SMILES string of the molecule is COC1C(O[Si](C)(C)C)COC(O[Si](C)(C)C)C1O[Si](C)(C)C. The zero-order chi connectivity index (χ0) is 18.1. The molecule has 0 N–H and O–H groups in total. The second-order valence-electron chi connectivity index (χ2n) is 9.10. The molecule has 1 saturated heterocycles. The lowest BCUT2D eigenvalue weighted by Crippen LogP contribution is -2.61. The largest absolute Gasteiger partial charge is 0.410 e. The van der Waals surface area contributed by atoms with E-state index < -0.39 is 25.0 Å². The molecule has 0 aliphatic carbocycles. The third-order valence-corrected chi connectivity index (χ3v) is 6.05. The van der Waals surface area contributed by atoms with Gasteiger partial charge in [0.2, 0.25) is 0 Å². The average molecular weight is 381 g/mol. The van der Waals surface area contributed by atoms with Crippen molar-refractivity contribution in [1.82, 2.24) is 0 Å². The minimum absolute atomic E-state index is 0.102. The van der Waals surface area contributed by atoms with Gasteiger partial charge in [-0.3, -0.25) is 0 Å². The first-order valence-electron chi connectivity index (χ1n) is 8.40. The molecule has 0 aromatic heterocycles. The van der Waals surface area contributed by atoms with E-state index >= 15 is 0 Å². The van der Waals surface area contributed by atoms with E-state index in [0.717, 1.165) is 0 Å². The highest BCUT2D eigenvalue weighted by Gasteiger charge is 2.46. The third kappa shape index (κ3) is 7.91. The molecule has 0 aromatic rings. The van der Waals surface area contributed by atoms with Gasteiger partial charge in [-0.25, -0.2) is 0 Å². The van der Waals surface area contributed by atoms with Crippen LogP contribution in [0.2, 0.25) is 58.9 Å². The van der Waals surface area contributed by atoms with Gasteiger partial charge < -0.3 is 22.8 Å². The molecule has 0 saturated carbocycles. The summed E-state index contributed by atoms with van der Waals surface area (Å²) in [6, 6.07) is 0. The molecule has 1 heterocycles. The van der Waals surface area contributed by atoms with E-state index in [0.29, 0.717) is 6.61 Å². The third-order valence-electron chi connectivity index (χ3n) is 3.12. The Hall–Kier alpha value is 0.451. The van der Waals surface area contributed by atoms with E-state index in [9.17, 15) is 0 Å². The highest BCUT2D eigenvalue weighted by Crippen LogP contribution is 2.29. The molecule has 0 radical (unpaired) electrons. The van der Waals surface area contributed by atoms with Crippen LogP contribution in [-0.4, -0.2) is 63.3 Å². The molecule has 1 aliphatic heterocycles. The molecule has 0 aromatic carbocycles. The molecule has 1 rings (SSSR count). The lowest BCUT2D eigenvalue weighted by atomic mass is 10.1. The molecule has 23 heavy (non-hydrogen) atoms. The van der Waals surface area contributed by atoms with Crippen LogP contribution in [0.3, 0.4) is 0 Å². The Bertz CT molecular complexity index is 373. The predicted molar refractivity (Wildman–Crippen MR) is 101 cm³/mol. The van der Waals surface area contributed by atoms with Gasteiger partial charge in [-0.2, -0.15) is 0 Å². The maximum atomic E-state index is 6.41. The number of hydrogen-bond acceptors (Lipinski definition) is 5. The van der Waals surface area contributed by atoms with Crippen LogP contribution in [0.4, 0.5) is 0 Å². The summed E-state index contributed by atoms with van der Waals surface area (Å²) in [5.74, 6) is 0. The van der Waals surface area contributed by atoms with Gasteiger partial charge in [0, 0.05) is 7.11 Å². The Balaban J connectivity index is 3.00. The zero-order valence-corrected chi connectivity index (χ0v) is 19.6. The van der Waals surface area contributed by atoms with Gasteiger partial charge >= 0.3 is 0 Å². The highest BCUT2D eigenvalue weighted by molar-refractivity contribution is 6.70. The van der Waals surface area contributed by atoms with Crippen LogP contribution < -0.4 is 0 Å². The Morgan fingerprint density at radius 1 is 0.696 bits per heavy atom. The second kappa shape index (κ2) is 7.77. The first-order valence-corrected chi connectivity index (χ1v) is 18.6. The van der Waals surface area contributed by atoms with E-state index in [1.807, 2.05) is 0 Å². The molecular formula is C15H36O5Si3. The predicted octanol–water partition coefficient (Wildman–Crippen LogP) is 3.65. The fourth-order valence-electron chi connectivity index (χ4n) is 2.57. The van der Waals surface area contributed by atoms with Crippen LogP contribution >= 0.6 is 0 Å². The zero-order valence-electron chi connectivity index (χ0n) is 16.6. The molecule has 0 bridgehead atoms. The molecule has 4 unspecified atom stereocenters. The highest BCUT2D eigenvalue weighted by atomic mass is 28.4. The summed E-state index contributed by atoms with van der Waals surface area (Å²) >= 11 is 0. The molecule has 138 valence electrons. The van der Waals surface area contributed by atoms with Crippen LogP contribution in [-0.2, 0) is 22.8 Å². The normalized spacial score (nSPS) is 30.5.